The molecule has 0 aromatic rings. The summed E-state index contributed by atoms with van der Waals surface area (Å²) in [6, 6.07) is 0. The molecule has 5 heteroatoms. The molecular formula is C4H7LiO4. The summed E-state index contributed by atoms with van der Waals surface area (Å²) < 4.78 is 0. The third-order valence-electron chi connectivity index (χ3n) is 0.553. The van der Waals surface area contributed by atoms with Crippen LogP contribution in [0.3, 0.4) is 0 Å². The van der Waals surface area contributed by atoms with Crippen molar-refractivity contribution in [3.05, 3.63) is 0 Å². The molecule has 0 saturated carbocycles. The van der Waals surface area contributed by atoms with Gasteiger partial charge in [-0.2, -0.15) is 0 Å². The third kappa shape index (κ3) is 11.2. The Bertz CT molecular complexity index is 97.1. The normalized spacial score (nSPS) is 7.56. The number of carbonyl (C=O) groups is 2. The first-order valence-corrected chi connectivity index (χ1v) is 2.06. The molecule has 0 aliphatic rings. The molecule has 0 unspecified atom stereocenters. The predicted octanol–water partition coefficient (Wildman–Crippen LogP) is -0.713. The van der Waals surface area contributed by atoms with Crippen LogP contribution in [0.15, 0.2) is 0 Å². The molecule has 0 aliphatic carbocycles. The topological polar surface area (TPSA) is 74.6 Å². The molecule has 0 atom stereocenters. The Kier molecular flexibility index (Phi) is 7.15. The number of rotatable bonds is 3. The Hall–Kier alpha value is -0.463. The monoisotopic (exact) mass is 126 g/mol. The Balaban J connectivity index is 0. The zero-order valence-electron chi connectivity index (χ0n) is 4.13. The third-order valence-corrected chi connectivity index (χ3v) is 0.553. The van der Waals surface area contributed by atoms with Gasteiger partial charge in [0.2, 0.25) is 0 Å². The SMILES string of the molecule is O=C(O)CCC(=O)O.[LiH]. The van der Waals surface area contributed by atoms with Crippen LogP contribution in [-0.4, -0.2) is 41.0 Å². The Morgan fingerprint density at radius 2 is 1.22 bits per heavy atom. The van der Waals surface area contributed by atoms with E-state index in [-0.39, 0.29) is 31.7 Å². The average Bonchev–Trinajstić information content (AvgIpc) is 1.61. The van der Waals surface area contributed by atoms with Crippen molar-refractivity contribution in [2.75, 3.05) is 0 Å². The van der Waals surface area contributed by atoms with Crippen LogP contribution >= 0.6 is 0 Å². The van der Waals surface area contributed by atoms with Gasteiger partial charge < -0.3 is 10.2 Å². The van der Waals surface area contributed by atoms with Crippen LogP contribution in [0.1, 0.15) is 12.8 Å². The van der Waals surface area contributed by atoms with E-state index >= 15 is 0 Å². The van der Waals surface area contributed by atoms with E-state index in [0.29, 0.717) is 0 Å². The van der Waals surface area contributed by atoms with Crippen molar-refractivity contribution in [2.24, 2.45) is 0 Å². The number of aliphatic carboxylic acids is 2. The van der Waals surface area contributed by atoms with Gasteiger partial charge in [0.1, 0.15) is 0 Å². The molecule has 0 radical (unpaired) electrons. The van der Waals surface area contributed by atoms with E-state index in [1.54, 1.807) is 0 Å². The molecule has 0 saturated heterocycles. The minimum atomic E-state index is -1.08. The summed E-state index contributed by atoms with van der Waals surface area (Å²) in [6.07, 6.45) is -0.593. The van der Waals surface area contributed by atoms with Crippen molar-refractivity contribution < 1.29 is 19.8 Å². The van der Waals surface area contributed by atoms with Gasteiger partial charge in [0.05, 0.1) is 12.8 Å². The summed E-state index contributed by atoms with van der Waals surface area (Å²) in [4.78, 5) is 19.3. The van der Waals surface area contributed by atoms with Crippen LogP contribution in [0.4, 0.5) is 0 Å². The average molecular weight is 126 g/mol. The summed E-state index contributed by atoms with van der Waals surface area (Å²) in [7, 11) is 0. The first kappa shape index (κ1) is 11.3. The fourth-order valence-corrected chi connectivity index (χ4v) is 0.214. The van der Waals surface area contributed by atoms with Gasteiger partial charge >= 0.3 is 30.8 Å². The van der Waals surface area contributed by atoms with E-state index in [0.717, 1.165) is 0 Å². The first-order chi connectivity index (χ1) is 3.63. The molecule has 0 fully saturated rings. The second-order valence-electron chi connectivity index (χ2n) is 1.29. The molecule has 0 aromatic carbocycles. The Morgan fingerprint density at radius 3 is 1.33 bits per heavy atom. The predicted molar refractivity (Wildman–Crippen MR) is 31.7 cm³/mol. The van der Waals surface area contributed by atoms with Crippen molar-refractivity contribution in [3.63, 3.8) is 0 Å². The fourth-order valence-electron chi connectivity index (χ4n) is 0.214. The van der Waals surface area contributed by atoms with Gasteiger partial charge in [0.15, 0.2) is 0 Å². The molecule has 0 aromatic heterocycles. The summed E-state index contributed by atoms with van der Waals surface area (Å²) in [5.74, 6) is -2.15. The van der Waals surface area contributed by atoms with Gasteiger partial charge in [-0.3, -0.25) is 9.59 Å². The summed E-state index contributed by atoms with van der Waals surface area (Å²) >= 11 is 0. The van der Waals surface area contributed by atoms with Crippen LogP contribution in [0, 0.1) is 0 Å². The number of carboxylic acid groups (broad SMARTS) is 2. The van der Waals surface area contributed by atoms with Crippen LogP contribution in [0.25, 0.3) is 0 Å². The summed E-state index contributed by atoms with van der Waals surface area (Å²) in [5.41, 5.74) is 0. The molecular weight excluding hydrogens is 119 g/mol. The van der Waals surface area contributed by atoms with Crippen LogP contribution in [-0.2, 0) is 9.59 Å². The van der Waals surface area contributed by atoms with Crippen LogP contribution in [0.5, 0.6) is 0 Å². The van der Waals surface area contributed by atoms with E-state index in [1.165, 1.54) is 0 Å². The van der Waals surface area contributed by atoms with E-state index in [9.17, 15) is 9.59 Å². The minimum absolute atomic E-state index is 0. The fraction of sp³-hybridized carbons (Fsp3) is 0.500. The van der Waals surface area contributed by atoms with Crippen molar-refractivity contribution in [1.82, 2.24) is 0 Å². The maximum atomic E-state index is 9.64. The molecule has 4 nitrogen and oxygen atoms in total. The quantitative estimate of drug-likeness (QED) is 0.489. The van der Waals surface area contributed by atoms with Crippen molar-refractivity contribution >= 4 is 30.8 Å². The van der Waals surface area contributed by atoms with E-state index in [4.69, 9.17) is 10.2 Å². The van der Waals surface area contributed by atoms with E-state index in [1.807, 2.05) is 0 Å². The number of hydrogen-bond acceptors (Lipinski definition) is 2. The van der Waals surface area contributed by atoms with Gasteiger partial charge in [-0.1, -0.05) is 0 Å². The zero-order valence-corrected chi connectivity index (χ0v) is 4.13. The molecule has 0 rings (SSSR count). The van der Waals surface area contributed by atoms with Gasteiger partial charge in [-0.25, -0.2) is 0 Å². The van der Waals surface area contributed by atoms with Crippen LogP contribution < -0.4 is 0 Å². The second-order valence-corrected chi connectivity index (χ2v) is 1.29. The summed E-state index contributed by atoms with van der Waals surface area (Å²) in [6.45, 7) is 0. The number of hydrogen-bond donors (Lipinski definition) is 2. The molecule has 0 spiro atoms. The second kappa shape index (κ2) is 5.67. The van der Waals surface area contributed by atoms with Gasteiger partial charge in [-0.15, -0.1) is 0 Å². The molecule has 2 N–H and O–H groups in total. The zero-order chi connectivity index (χ0) is 6.57. The molecule has 9 heavy (non-hydrogen) atoms. The molecule has 48 valence electrons. The van der Waals surface area contributed by atoms with Gasteiger partial charge in [-0.05, 0) is 0 Å². The molecule has 0 heterocycles. The number of carboxylic acids is 2. The standard InChI is InChI=1S/C4H6O4.Li.H/c5-3(6)1-2-4(7)8;;/h1-2H2,(H,5,6)(H,7,8);;. The van der Waals surface area contributed by atoms with Crippen LogP contribution in [0.2, 0.25) is 0 Å². The Morgan fingerprint density at radius 1 is 1.00 bits per heavy atom. The van der Waals surface area contributed by atoms with E-state index < -0.39 is 11.9 Å². The van der Waals surface area contributed by atoms with Crippen molar-refractivity contribution in [1.29, 1.82) is 0 Å². The van der Waals surface area contributed by atoms with Gasteiger partial charge in [0.25, 0.3) is 0 Å². The molecule has 0 amide bonds. The first-order valence-electron chi connectivity index (χ1n) is 2.06. The molecule has 0 bridgehead atoms. The summed E-state index contributed by atoms with van der Waals surface area (Å²) in [5, 5.41) is 15.8. The Labute approximate surface area is 64.0 Å². The van der Waals surface area contributed by atoms with Crippen molar-refractivity contribution in [2.45, 2.75) is 12.8 Å². The van der Waals surface area contributed by atoms with Gasteiger partial charge in [0, 0.05) is 0 Å². The van der Waals surface area contributed by atoms with Crippen molar-refractivity contribution in [3.8, 4) is 0 Å². The maximum absolute atomic E-state index is 9.64. The molecule has 0 aliphatic heterocycles. The van der Waals surface area contributed by atoms with E-state index in [2.05, 4.69) is 0 Å².